The lowest BCUT2D eigenvalue weighted by Gasteiger charge is -2.35. The zero-order chi connectivity index (χ0) is 12.3. The molecule has 0 saturated heterocycles. The summed E-state index contributed by atoms with van der Waals surface area (Å²) in [4.78, 5) is 7.33. The quantitative estimate of drug-likeness (QED) is 0.747. The molecule has 0 amide bonds. The maximum Gasteiger partial charge on any atom is 0.103 e. The third-order valence-electron chi connectivity index (χ3n) is 3.59. The maximum absolute atomic E-state index is 10.4. The van der Waals surface area contributed by atoms with Crippen LogP contribution < -0.4 is 5.32 Å². The van der Waals surface area contributed by atoms with E-state index in [1.54, 1.807) is 0 Å². The van der Waals surface area contributed by atoms with E-state index in [0.29, 0.717) is 12.5 Å². The summed E-state index contributed by atoms with van der Waals surface area (Å²) in [5.74, 6) is 1.58. The second kappa shape index (κ2) is 5.19. The number of H-pyrrole nitrogens is 1. The summed E-state index contributed by atoms with van der Waals surface area (Å²) < 4.78 is 0. The Balaban J connectivity index is 1.77. The molecule has 1 aliphatic carbocycles. The Morgan fingerprint density at radius 3 is 3.12 bits per heavy atom. The Morgan fingerprint density at radius 1 is 1.65 bits per heavy atom. The van der Waals surface area contributed by atoms with Crippen LogP contribution in [0.25, 0.3) is 0 Å². The van der Waals surface area contributed by atoms with Crippen molar-refractivity contribution in [3.63, 3.8) is 0 Å². The number of aromatic amines is 1. The van der Waals surface area contributed by atoms with Gasteiger partial charge in [-0.1, -0.05) is 19.8 Å². The summed E-state index contributed by atoms with van der Waals surface area (Å²) in [5, 5.41) is 13.8. The minimum Gasteiger partial charge on any atom is -0.389 e. The highest BCUT2D eigenvalue weighted by molar-refractivity contribution is 4.99. The molecule has 0 aromatic carbocycles. The first kappa shape index (κ1) is 12.6. The molecule has 96 valence electrons. The fourth-order valence-electron chi connectivity index (χ4n) is 2.78. The molecule has 3 N–H and O–H groups in total. The van der Waals surface area contributed by atoms with Crippen molar-refractivity contribution in [3.8, 4) is 0 Å². The maximum atomic E-state index is 10.4. The first-order valence-corrected chi connectivity index (χ1v) is 6.51. The molecule has 1 aromatic rings. The number of nitrogens with zero attached hydrogens (tertiary/aromatic N) is 1. The van der Waals surface area contributed by atoms with E-state index in [1.807, 2.05) is 13.1 Å². The lowest BCUT2D eigenvalue weighted by atomic mass is 9.79. The van der Waals surface area contributed by atoms with Gasteiger partial charge in [0.1, 0.15) is 5.82 Å². The van der Waals surface area contributed by atoms with Crippen molar-refractivity contribution in [2.45, 2.75) is 51.7 Å². The van der Waals surface area contributed by atoms with Crippen LogP contribution in [0.3, 0.4) is 0 Å². The SMILES string of the molecule is Cc1ncc(CNCC2(O)CCCC(C)C2)[nH]1. The summed E-state index contributed by atoms with van der Waals surface area (Å²) >= 11 is 0. The predicted octanol–water partition coefficient (Wildman–Crippen LogP) is 1.75. The molecule has 4 heteroatoms. The third kappa shape index (κ3) is 3.54. The van der Waals surface area contributed by atoms with Crippen molar-refractivity contribution in [1.82, 2.24) is 15.3 Å². The van der Waals surface area contributed by atoms with Crippen molar-refractivity contribution >= 4 is 0 Å². The Morgan fingerprint density at radius 2 is 2.47 bits per heavy atom. The molecule has 0 bridgehead atoms. The van der Waals surface area contributed by atoms with Gasteiger partial charge < -0.3 is 15.4 Å². The van der Waals surface area contributed by atoms with E-state index >= 15 is 0 Å². The van der Waals surface area contributed by atoms with E-state index in [0.717, 1.165) is 37.3 Å². The highest BCUT2D eigenvalue weighted by Crippen LogP contribution is 2.31. The third-order valence-corrected chi connectivity index (χ3v) is 3.59. The molecule has 1 fully saturated rings. The molecule has 17 heavy (non-hydrogen) atoms. The molecular weight excluding hydrogens is 214 g/mol. The van der Waals surface area contributed by atoms with Gasteiger partial charge in [-0.05, 0) is 25.7 Å². The Bertz CT molecular complexity index is 363. The first-order valence-electron chi connectivity index (χ1n) is 6.51. The van der Waals surface area contributed by atoms with Crippen LogP contribution in [0.15, 0.2) is 6.20 Å². The fraction of sp³-hybridized carbons (Fsp3) is 0.769. The summed E-state index contributed by atoms with van der Waals surface area (Å²) in [6.45, 7) is 5.59. The molecule has 1 aliphatic rings. The van der Waals surface area contributed by atoms with Gasteiger partial charge in [0.15, 0.2) is 0 Å². The van der Waals surface area contributed by atoms with Crippen LogP contribution in [-0.4, -0.2) is 27.2 Å². The van der Waals surface area contributed by atoms with Crippen LogP contribution in [0, 0.1) is 12.8 Å². The van der Waals surface area contributed by atoms with Gasteiger partial charge in [0.25, 0.3) is 0 Å². The molecule has 2 atom stereocenters. The van der Waals surface area contributed by atoms with Gasteiger partial charge in [0, 0.05) is 25.0 Å². The number of hydrogen-bond donors (Lipinski definition) is 3. The largest absolute Gasteiger partial charge is 0.389 e. The van der Waals surface area contributed by atoms with E-state index in [9.17, 15) is 5.11 Å². The minimum atomic E-state index is -0.507. The first-order chi connectivity index (χ1) is 8.07. The van der Waals surface area contributed by atoms with Crippen LogP contribution in [0.1, 0.15) is 44.1 Å². The van der Waals surface area contributed by atoms with Gasteiger partial charge in [-0.3, -0.25) is 0 Å². The standard InChI is InChI=1S/C13H23N3O/c1-10-4-3-5-13(17,6-10)9-14-7-12-8-15-11(2)16-12/h8,10,14,17H,3-7,9H2,1-2H3,(H,15,16). The molecule has 2 rings (SSSR count). The van der Waals surface area contributed by atoms with Crippen molar-refractivity contribution in [3.05, 3.63) is 17.7 Å². The van der Waals surface area contributed by atoms with Crippen LogP contribution in [-0.2, 0) is 6.54 Å². The summed E-state index contributed by atoms with van der Waals surface area (Å²) in [6.07, 6.45) is 6.08. The zero-order valence-electron chi connectivity index (χ0n) is 10.8. The summed E-state index contributed by atoms with van der Waals surface area (Å²) in [6, 6.07) is 0. The molecule has 1 saturated carbocycles. The van der Waals surface area contributed by atoms with Crippen molar-refractivity contribution in [1.29, 1.82) is 0 Å². The minimum absolute atomic E-state index is 0.507. The van der Waals surface area contributed by atoms with Gasteiger partial charge in [-0.25, -0.2) is 4.98 Å². The monoisotopic (exact) mass is 237 g/mol. The number of imidazole rings is 1. The number of hydrogen-bond acceptors (Lipinski definition) is 3. The van der Waals surface area contributed by atoms with Gasteiger partial charge in [-0.2, -0.15) is 0 Å². The fourth-order valence-corrected chi connectivity index (χ4v) is 2.78. The lowest BCUT2D eigenvalue weighted by molar-refractivity contribution is -0.0119. The highest BCUT2D eigenvalue weighted by Gasteiger charge is 2.31. The number of rotatable bonds is 4. The molecule has 2 unspecified atom stereocenters. The predicted molar refractivity (Wildman–Crippen MR) is 67.6 cm³/mol. The highest BCUT2D eigenvalue weighted by atomic mass is 16.3. The van der Waals surface area contributed by atoms with Gasteiger partial charge >= 0.3 is 0 Å². The average Bonchev–Trinajstić information content (AvgIpc) is 2.63. The molecule has 1 aromatic heterocycles. The number of aromatic nitrogens is 2. The van der Waals surface area contributed by atoms with E-state index in [4.69, 9.17) is 0 Å². The van der Waals surface area contributed by atoms with Crippen molar-refractivity contribution in [2.75, 3.05) is 6.54 Å². The number of aryl methyl sites for hydroxylation is 1. The van der Waals surface area contributed by atoms with Crippen molar-refractivity contribution < 1.29 is 5.11 Å². The Labute approximate surface area is 103 Å². The van der Waals surface area contributed by atoms with Crippen LogP contribution in [0.5, 0.6) is 0 Å². The van der Waals surface area contributed by atoms with Gasteiger partial charge in [0.05, 0.1) is 5.60 Å². The zero-order valence-corrected chi connectivity index (χ0v) is 10.8. The van der Waals surface area contributed by atoms with E-state index in [-0.39, 0.29) is 0 Å². The summed E-state index contributed by atoms with van der Waals surface area (Å²) in [5.41, 5.74) is 0.571. The normalized spacial score (nSPS) is 29.5. The Kier molecular flexibility index (Phi) is 3.84. The van der Waals surface area contributed by atoms with E-state index in [1.165, 1.54) is 6.42 Å². The van der Waals surface area contributed by atoms with E-state index in [2.05, 4.69) is 22.2 Å². The second-order valence-electron chi connectivity index (χ2n) is 5.52. The molecule has 0 aliphatic heterocycles. The lowest BCUT2D eigenvalue weighted by Crippen LogP contribution is -2.43. The average molecular weight is 237 g/mol. The smallest absolute Gasteiger partial charge is 0.103 e. The van der Waals surface area contributed by atoms with Gasteiger partial charge in [0.2, 0.25) is 0 Å². The Hall–Kier alpha value is -0.870. The molecule has 1 heterocycles. The van der Waals surface area contributed by atoms with Crippen LogP contribution in [0.2, 0.25) is 0 Å². The molecule has 0 spiro atoms. The van der Waals surface area contributed by atoms with Crippen LogP contribution in [0.4, 0.5) is 0 Å². The van der Waals surface area contributed by atoms with E-state index < -0.39 is 5.60 Å². The van der Waals surface area contributed by atoms with Crippen LogP contribution >= 0.6 is 0 Å². The number of aliphatic hydroxyl groups is 1. The van der Waals surface area contributed by atoms with Crippen molar-refractivity contribution in [2.24, 2.45) is 5.92 Å². The summed E-state index contributed by atoms with van der Waals surface area (Å²) in [7, 11) is 0. The number of nitrogens with one attached hydrogen (secondary N) is 2. The second-order valence-corrected chi connectivity index (χ2v) is 5.52. The molecular formula is C13H23N3O. The molecule has 0 radical (unpaired) electrons. The van der Waals surface area contributed by atoms with Gasteiger partial charge in [-0.15, -0.1) is 0 Å². The topological polar surface area (TPSA) is 60.9 Å². The molecule has 4 nitrogen and oxygen atoms in total.